The van der Waals surface area contributed by atoms with Crippen LogP contribution >= 0.6 is 0 Å². The van der Waals surface area contributed by atoms with Crippen molar-refractivity contribution in [1.82, 2.24) is 15.2 Å². The van der Waals surface area contributed by atoms with Crippen molar-refractivity contribution in [3.63, 3.8) is 0 Å². The molecule has 3 heterocycles. The summed E-state index contributed by atoms with van der Waals surface area (Å²) in [7, 11) is 1.61. The molecule has 5 aromatic rings. The van der Waals surface area contributed by atoms with E-state index in [9.17, 15) is 14.4 Å². The van der Waals surface area contributed by atoms with Gasteiger partial charge in [-0.1, -0.05) is 72.8 Å². The third-order valence-corrected chi connectivity index (χ3v) is 8.93. The summed E-state index contributed by atoms with van der Waals surface area (Å²) in [5.74, 6) is -0.0103. The molecule has 4 amide bonds. The van der Waals surface area contributed by atoms with Crippen molar-refractivity contribution in [3.8, 4) is 5.75 Å². The van der Waals surface area contributed by atoms with Gasteiger partial charge in [-0.2, -0.15) is 0 Å². The summed E-state index contributed by atoms with van der Waals surface area (Å²) in [6.07, 6.45) is 1.94. The van der Waals surface area contributed by atoms with Crippen molar-refractivity contribution < 1.29 is 19.1 Å². The van der Waals surface area contributed by atoms with Crippen LogP contribution in [-0.4, -0.2) is 46.9 Å². The summed E-state index contributed by atoms with van der Waals surface area (Å²) in [5.41, 5.74) is 5.44. The summed E-state index contributed by atoms with van der Waals surface area (Å²) in [5, 5.41) is 4.11. The molecule has 0 bridgehead atoms. The van der Waals surface area contributed by atoms with Gasteiger partial charge in [0, 0.05) is 29.1 Å². The Morgan fingerprint density at radius 3 is 2.53 bits per heavy atom. The zero-order valence-corrected chi connectivity index (χ0v) is 25.2. The first-order valence-corrected chi connectivity index (χ1v) is 15.3. The van der Waals surface area contributed by atoms with Crippen LogP contribution in [0.2, 0.25) is 0 Å². The van der Waals surface area contributed by atoms with E-state index in [0.29, 0.717) is 12.2 Å². The molecule has 2 N–H and O–H groups in total. The zero-order valence-electron chi connectivity index (χ0n) is 25.2. The first-order valence-electron chi connectivity index (χ1n) is 15.3. The molecule has 1 aromatic heterocycles. The number of rotatable bonds is 8. The van der Waals surface area contributed by atoms with Gasteiger partial charge >= 0.3 is 6.03 Å². The molecule has 4 aromatic carbocycles. The zero-order chi connectivity index (χ0) is 31.1. The number of aromatic amines is 1. The molecule has 0 spiro atoms. The van der Waals surface area contributed by atoms with Crippen molar-refractivity contribution in [2.75, 3.05) is 12.0 Å². The second-order valence-electron chi connectivity index (χ2n) is 11.7. The SMILES string of the molecule is COc1cccc([C@@H]2c3[nH]c4ccccc4c3C[C@H]3C(=O)N(c4ccccc4C(=O)N[C@H](C)CCc4ccccc4)C(=O)N23)c1. The van der Waals surface area contributed by atoms with Gasteiger partial charge in [-0.3, -0.25) is 14.5 Å². The van der Waals surface area contributed by atoms with Crippen LogP contribution < -0.4 is 15.0 Å². The Labute approximate surface area is 261 Å². The number of anilines is 1. The molecular formula is C37H34N4O4. The number of urea groups is 1. The van der Waals surface area contributed by atoms with E-state index in [0.717, 1.165) is 40.6 Å². The molecule has 7 rings (SSSR count). The highest BCUT2D eigenvalue weighted by atomic mass is 16.5. The van der Waals surface area contributed by atoms with Crippen LogP contribution in [0, 0.1) is 0 Å². The molecule has 8 heteroatoms. The summed E-state index contributed by atoms with van der Waals surface area (Å²) >= 11 is 0. The van der Waals surface area contributed by atoms with E-state index in [-0.39, 0.29) is 29.1 Å². The van der Waals surface area contributed by atoms with Crippen molar-refractivity contribution >= 4 is 34.4 Å². The first kappa shape index (κ1) is 28.4. The van der Waals surface area contributed by atoms with E-state index >= 15 is 0 Å². The third-order valence-electron chi connectivity index (χ3n) is 8.93. The van der Waals surface area contributed by atoms with Crippen molar-refractivity contribution in [3.05, 3.63) is 131 Å². The quantitative estimate of drug-likeness (QED) is 0.202. The summed E-state index contributed by atoms with van der Waals surface area (Å²) in [6.45, 7) is 1.96. The maximum atomic E-state index is 14.4. The number of hydrogen-bond donors (Lipinski definition) is 2. The van der Waals surface area contributed by atoms with Crippen molar-refractivity contribution in [2.24, 2.45) is 0 Å². The molecule has 2 aliphatic rings. The average molecular weight is 599 g/mol. The molecule has 3 atom stereocenters. The maximum Gasteiger partial charge on any atom is 0.332 e. The van der Waals surface area contributed by atoms with Gasteiger partial charge < -0.3 is 15.0 Å². The lowest BCUT2D eigenvalue weighted by molar-refractivity contribution is -0.120. The molecule has 2 aliphatic heterocycles. The second-order valence-corrected chi connectivity index (χ2v) is 11.7. The van der Waals surface area contributed by atoms with Crippen LogP contribution in [0.1, 0.15) is 52.1 Å². The van der Waals surface area contributed by atoms with Gasteiger partial charge in [0.05, 0.1) is 18.4 Å². The van der Waals surface area contributed by atoms with E-state index in [1.165, 1.54) is 10.5 Å². The Morgan fingerprint density at radius 1 is 0.956 bits per heavy atom. The number of hydrogen-bond acceptors (Lipinski definition) is 4. The number of ether oxygens (including phenoxy) is 1. The lowest BCUT2D eigenvalue weighted by atomic mass is 9.89. The Balaban J connectivity index is 1.23. The fourth-order valence-corrected chi connectivity index (χ4v) is 6.72. The average Bonchev–Trinajstić information content (AvgIpc) is 3.57. The Morgan fingerprint density at radius 2 is 1.71 bits per heavy atom. The van der Waals surface area contributed by atoms with Crippen LogP contribution in [0.5, 0.6) is 5.75 Å². The number of carbonyl (C=O) groups excluding carboxylic acids is 3. The molecule has 1 fully saturated rings. The van der Waals surface area contributed by atoms with Crippen LogP contribution in [0.3, 0.4) is 0 Å². The van der Waals surface area contributed by atoms with Gasteiger partial charge in [0.25, 0.3) is 11.8 Å². The lowest BCUT2D eigenvalue weighted by Crippen LogP contribution is -2.44. The number of imide groups is 1. The fraction of sp³-hybridized carbons (Fsp3) is 0.216. The predicted molar refractivity (Wildman–Crippen MR) is 173 cm³/mol. The Bertz CT molecular complexity index is 1920. The number of amides is 4. The van der Waals surface area contributed by atoms with Gasteiger partial charge in [-0.15, -0.1) is 0 Å². The lowest BCUT2D eigenvalue weighted by Gasteiger charge is -2.36. The third kappa shape index (κ3) is 5.02. The highest BCUT2D eigenvalue weighted by Gasteiger charge is 2.53. The topological polar surface area (TPSA) is 94.7 Å². The second kappa shape index (κ2) is 11.6. The van der Waals surface area contributed by atoms with Gasteiger partial charge in [-0.05, 0) is 66.8 Å². The van der Waals surface area contributed by atoms with E-state index in [2.05, 4.69) is 22.4 Å². The minimum absolute atomic E-state index is 0.113. The summed E-state index contributed by atoms with van der Waals surface area (Å²) in [4.78, 5) is 48.7. The standard InChI is InChI=1S/C37H34N4O4/c1-23(19-20-24-11-4-3-5-12-24)38-35(42)28-16-7-9-18-31(28)41-36(43)32-22-29-27-15-6-8-17-30(27)39-33(29)34(40(32)37(41)44)25-13-10-14-26(21-25)45-2/h3-18,21,23,32,34,39H,19-20,22H2,1-2H3,(H,38,42)/t23-,32+,34-/m1/s1. The Hall–Kier alpha value is -5.37. The Kier molecular flexibility index (Phi) is 7.33. The molecule has 1 saturated heterocycles. The van der Waals surface area contributed by atoms with E-state index < -0.39 is 18.1 Å². The number of benzene rings is 4. The van der Waals surface area contributed by atoms with Gasteiger partial charge in [0.2, 0.25) is 0 Å². The molecule has 0 aliphatic carbocycles. The minimum atomic E-state index is -0.735. The highest BCUT2D eigenvalue weighted by Crippen LogP contribution is 2.45. The largest absolute Gasteiger partial charge is 0.497 e. The molecule has 226 valence electrons. The number of H-pyrrole nitrogens is 1. The van der Waals surface area contributed by atoms with Crippen LogP contribution in [0.4, 0.5) is 10.5 Å². The van der Waals surface area contributed by atoms with Crippen molar-refractivity contribution in [1.29, 1.82) is 0 Å². The molecule has 45 heavy (non-hydrogen) atoms. The number of nitrogens with one attached hydrogen (secondary N) is 2. The monoisotopic (exact) mass is 598 g/mol. The molecule has 8 nitrogen and oxygen atoms in total. The van der Waals surface area contributed by atoms with Crippen LogP contribution in [0.15, 0.2) is 103 Å². The predicted octanol–water partition coefficient (Wildman–Crippen LogP) is 6.41. The number of methoxy groups -OCH3 is 1. The number of aryl methyl sites for hydroxylation is 1. The number of para-hydroxylation sites is 2. The number of carbonyl (C=O) groups is 3. The van der Waals surface area contributed by atoms with Gasteiger partial charge in [-0.25, -0.2) is 9.69 Å². The van der Waals surface area contributed by atoms with Crippen LogP contribution in [-0.2, 0) is 17.6 Å². The highest BCUT2D eigenvalue weighted by molar-refractivity contribution is 6.24. The van der Waals surface area contributed by atoms with Crippen molar-refractivity contribution in [2.45, 2.75) is 44.3 Å². The first-order chi connectivity index (χ1) is 21.9. The van der Waals surface area contributed by atoms with Gasteiger partial charge in [0.1, 0.15) is 17.8 Å². The number of nitrogens with zero attached hydrogens (tertiary/aromatic N) is 2. The molecular weight excluding hydrogens is 564 g/mol. The summed E-state index contributed by atoms with van der Waals surface area (Å²) in [6, 6.07) is 30.7. The molecule has 0 unspecified atom stereocenters. The fourth-order valence-electron chi connectivity index (χ4n) is 6.72. The summed E-state index contributed by atoms with van der Waals surface area (Å²) < 4.78 is 5.52. The van der Waals surface area contributed by atoms with E-state index in [1.807, 2.05) is 73.7 Å². The van der Waals surface area contributed by atoms with E-state index in [1.54, 1.807) is 36.3 Å². The molecule has 0 radical (unpaired) electrons. The maximum absolute atomic E-state index is 14.4. The van der Waals surface area contributed by atoms with Gasteiger partial charge in [0.15, 0.2) is 0 Å². The number of fused-ring (bicyclic) bond motifs is 4. The normalized spacial score (nSPS) is 18.1. The smallest absolute Gasteiger partial charge is 0.332 e. The number of aromatic nitrogens is 1. The minimum Gasteiger partial charge on any atom is -0.497 e. The molecule has 0 saturated carbocycles. The van der Waals surface area contributed by atoms with Crippen LogP contribution in [0.25, 0.3) is 10.9 Å². The van der Waals surface area contributed by atoms with E-state index in [4.69, 9.17) is 4.74 Å².